The summed E-state index contributed by atoms with van der Waals surface area (Å²) >= 11 is 0. The van der Waals surface area contributed by atoms with Gasteiger partial charge in [0.15, 0.2) is 0 Å². The van der Waals surface area contributed by atoms with Crippen molar-refractivity contribution in [2.75, 3.05) is 26.7 Å². The van der Waals surface area contributed by atoms with E-state index in [4.69, 9.17) is 0 Å². The number of H-pyrrole nitrogens is 1. The van der Waals surface area contributed by atoms with Crippen LogP contribution >= 0.6 is 0 Å². The van der Waals surface area contributed by atoms with Gasteiger partial charge in [0.2, 0.25) is 0 Å². The number of aromatic amines is 1. The van der Waals surface area contributed by atoms with Crippen LogP contribution in [0.25, 0.3) is 0 Å². The van der Waals surface area contributed by atoms with Crippen LogP contribution in [0.3, 0.4) is 0 Å². The van der Waals surface area contributed by atoms with E-state index in [2.05, 4.69) is 34.0 Å². The highest BCUT2D eigenvalue weighted by molar-refractivity contribution is 5.01. The summed E-state index contributed by atoms with van der Waals surface area (Å²) in [7, 11) is 1.94. The van der Waals surface area contributed by atoms with E-state index >= 15 is 0 Å². The maximum Gasteiger partial charge on any atom is 0.107 e. The Bertz CT molecular complexity index is 265. The van der Waals surface area contributed by atoms with Crippen LogP contribution in [-0.2, 0) is 13.0 Å². The first-order chi connectivity index (χ1) is 7.30. The highest BCUT2D eigenvalue weighted by Crippen LogP contribution is 1.99. The summed E-state index contributed by atoms with van der Waals surface area (Å²) in [5.74, 6) is 1.09. The van der Waals surface area contributed by atoms with Crippen LogP contribution < -0.4 is 5.32 Å². The summed E-state index contributed by atoms with van der Waals surface area (Å²) in [6.45, 7) is 8.55. The van der Waals surface area contributed by atoms with E-state index in [1.54, 1.807) is 0 Å². The number of aromatic nitrogens is 2. The largest absolute Gasteiger partial charge is 0.345 e. The van der Waals surface area contributed by atoms with Gasteiger partial charge in [-0.2, -0.15) is 0 Å². The molecular formula is C11H22N4. The molecule has 15 heavy (non-hydrogen) atoms. The average molecular weight is 210 g/mol. The summed E-state index contributed by atoms with van der Waals surface area (Å²) in [6.07, 6.45) is 2.92. The Hall–Kier alpha value is -0.870. The molecule has 0 aliphatic heterocycles. The van der Waals surface area contributed by atoms with Gasteiger partial charge in [-0.3, -0.25) is 0 Å². The van der Waals surface area contributed by atoms with Crippen molar-refractivity contribution in [1.82, 2.24) is 20.2 Å². The van der Waals surface area contributed by atoms with Crippen molar-refractivity contribution in [3.05, 3.63) is 17.7 Å². The number of hydrogen-bond acceptors (Lipinski definition) is 3. The summed E-state index contributed by atoms with van der Waals surface area (Å²) in [5.41, 5.74) is 1.16. The first-order valence-corrected chi connectivity index (χ1v) is 5.69. The smallest absolute Gasteiger partial charge is 0.107 e. The Labute approximate surface area is 92.1 Å². The lowest BCUT2D eigenvalue weighted by Crippen LogP contribution is -2.25. The molecular weight excluding hydrogens is 188 g/mol. The first kappa shape index (κ1) is 12.2. The first-order valence-electron chi connectivity index (χ1n) is 5.69. The predicted molar refractivity (Wildman–Crippen MR) is 62.8 cm³/mol. The number of imidazole rings is 1. The number of likely N-dealkylation sites (N-methyl/N-ethyl adjacent to an activating group) is 1. The maximum absolute atomic E-state index is 4.35. The molecule has 0 amide bonds. The second kappa shape index (κ2) is 6.58. The van der Waals surface area contributed by atoms with Crippen LogP contribution in [0.5, 0.6) is 0 Å². The number of nitrogens with one attached hydrogen (secondary N) is 2. The summed E-state index contributed by atoms with van der Waals surface area (Å²) < 4.78 is 0. The lowest BCUT2D eigenvalue weighted by Gasteiger charge is -2.16. The van der Waals surface area contributed by atoms with Gasteiger partial charge >= 0.3 is 0 Å². The van der Waals surface area contributed by atoms with Crippen molar-refractivity contribution in [2.24, 2.45) is 0 Å². The van der Waals surface area contributed by atoms with Crippen LogP contribution in [0, 0.1) is 0 Å². The van der Waals surface area contributed by atoms with Crippen molar-refractivity contribution in [3.8, 4) is 0 Å². The fourth-order valence-electron chi connectivity index (χ4n) is 1.62. The summed E-state index contributed by atoms with van der Waals surface area (Å²) in [4.78, 5) is 10.1. The molecule has 0 aliphatic carbocycles. The van der Waals surface area contributed by atoms with E-state index < -0.39 is 0 Å². The minimum absolute atomic E-state index is 0.859. The molecule has 0 saturated carbocycles. The Morgan fingerprint density at radius 1 is 1.40 bits per heavy atom. The number of rotatable bonds is 7. The zero-order valence-corrected chi connectivity index (χ0v) is 10.0. The maximum atomic E-state index is 4.35. The standard InChI is InChI=1S/C11H22N4/c1-4-15(5-2)7-6-11-13-9-10(14-11)8-12-3/h9,12H,4-8H2,1-3H3,(H,13,14). The fourth-order valence-corrected chi connectivity index (χ4v) is 1.62. The fraction of sp³-hybridized carbons (Fsp3) is 0.727. The van der Waals surface area contributed by atoms with Crippen molar-refractivity contribution >= 4 is 0 Å². The quantitative estimate of drug-likeness (QED) is 0.706. The molecule has 0 bridgehead atoms. The van der Waals surface area contributed by atoms with E-state index in [1.165, 1.54) is 0 Å². The Balaban J connectivity index is 2.36. The zero-order chi connectivity index (χ0) is 11.1. The van der Waals surface area contributed by atoms with E-state index in [9.17, 15) is 0 Å². The third-order valence-electron chi connectivity index (χ3n) is 2.61. The van der Waals surface area contributed by atoms with Gasteiger partial charge in [0, 0.05) is 31.4 Å². The van der Waals surface area contributed by atoms with E-state index in [1.807, 2.05) is 13.2 Å². The third kappa shape index (κ3) is 4.01. The second-order valence-corrected chi connectivity index (χ2v) is 3.66. The average Bonchev–Trinajstić information content (AvgIpc) is 2.68. The highest BCUT2D eigenvalue weighted by atomic mass is 15.1. The molecule has 4 heteroatoms. The Morgan fingerprint density at radius 2 is 2.13 bits per heavy atom. The monoisotopic (exact) mass is 210 g/mol. The van der Waals surface area contributed by atoms with E-state index in [0.717, 1.165) is 44.1 Å². The molecule has 0 aromatic carbocycles. The molecule has 0 spiro atoms. The molecule has 4 nitrogen and oxygen atoms in total. The van der Waals surface area contributed by atoms with Crippen molar-refractivity contribution in [3.63, 3.8) is 0 Å². The van der Waals surface area contributed by atoms with E-state index in [0.29, 0.717) is 0 Å². The van der Waals surface area contributed by atoms with Crippen molar-refractivity contribution < 1.29 is 0 Å². The van der Waals surface area contributed by atoms with Crippen LogP contribution in [0.1, 0.15) is 25.4 Å². The van der Waals surface area contributed by atoms with Crippen molar-refractivity contribution in [2.45, 2.75) is 26.8 Å². The molecule has 1 heterocycles. The highest BCUT2D eigenvalue weighted by Gasteiger charge is 2.03. The molecule has 0 fully saturated rings. The van der Waals surface area contributed by atoms with Crippen LogP contribution in [0.2, 0.25) is 0 Å². The third-order valence-corrected chi connectivity index (χ3v) is 2.61. The van der Waals surface area contributed by atoms with Gasteiger partial charge < -0.3 is 15.2 Å². The van der Waals surface area contributed by atoms with Gasteiger partial charge in [-0.1, -0.05) is 13.8 Å². The SMILES string of the molecule is CCN(CC)CCc1ncc(CNC)[nH]1. The van der Waals surface area contributed by atoms with Crippen LogP contribution in [-0.4, -0.2) is 41.5 Å². The van der Waals surface area contributed by atoms with Gasteiger partial charge in [0.25, 0.3) is 0 Å². The minimum Gasteiger partial charge on any atom is -0.345 e. The van der Waals surface area contributed by atoms with Crippen LogP contribution in [0.4, 0.5) is 0 Å². The zero-order valence-electron chi connectivity index (χ0n) is 10.0. The number of nitrogens with zero attached hydrogens (tertiary/aromatic N) is 2. The second-order valence-electron chi connectivity index (χ2n) is 3.66. The molecule has 0 saturated heterocycles. The normalized spacial score (nSPS) is 11.2. The van der Waals surface area contributed by atoms with E-state index in [-0.39, 0.29) is 0 Å². The van der Waals surface area contributed by atoms with Crippen molar-refractivity contribution in [1.29, 1.82) is 0 Å². The Morgan fingerprint density at radius 3 is 2.73 bits per heavy atom. The minimum atomic E-state index is 0.859. The lowest BCUT2D eigenvalue weighted by molar-refractivity contribution is 0.306. The number of hydrogen-bond donors (Lipinski definition) is 2. The van der Waals surface area contributed by atoms with Gasteiger partial charge in [-0.15, -0.1) is 0 Å². The molecule has 2 N–H and O–H groups in total. The molecule has 86 valence electrons. The molecule has 0 aliphatic rings. The van der Waals surface area contributed by atoms with Gasteiger partial charge in [0.1, 0.15) is 5.82 Å². The van der Waals surface area contributed by atoms with Gasteiger partial charge in [0.05, 0.1) is 0 Å². The summed E-state index contributed by atoms with van der Waals surface area (Å²) in [5, 5.41) is 3.10. The molecule has 1 rings (SSSR count). The molecule has 0 atom stereocenters. The summed E-state index contributed by atoms with van der Waals surface area (Å²) in [6, 6.07) is 0. The Kier molecular flexibility index (Phi) is 5.36. The van der Waals surface area contributed by atoms with Gasteiger partial charge in [-0.05, 0) is 20.1 Å². The van der Waals surface area contributed by atoms with Crippen LogP contribution in [0.15, 0.2) is 6.20 Å². The molecule has 0 unspecified atom stereocenters. The molecule has 0 radical (unpaired) electrons. The van der Waals surface area contributed by atoms with Gasteiger partial charge in [-0.25, -0.2) is 4.98 Å². The molecule has 1 aromatic heterocycles. The lowest BCUT2D eigenvalue weighted by atomic mass is 10.3. The molecule has 1 aromatic rings. The topological polar surface area (TPSA) is 44.0 Å². The predicted octanol–water partition coefficient (Wildman–Crippen LogP) is 1.01.